The summed E-state index contributed by atoms with van der Waals surface area (Å²) >= 11 is 0. The van der Waals surface area contributed by atoms with Gasteiger partial charge in [0.2, 0.25) is 0 Å². The van der Waals surface area contributed by atoms with Gasteiger partial charge in [0.05, 0.1) is 13.2 Å². The molecule has 0 rings (SSSR count). The second-order valence-electron chi connectivity index (χ2n) is 20.5. The van der Waals surface area contributed by atoms with E-state index >= 15 is 0 Å². The zero-order valence-corrected chi connectivity index (χ0v) is 45.5. The van der Waals surface area contributed by atoms with Gasteiger partial charge in [-0.2, -0.15) is 0 Å². The van der Waals surface area contributed by atoms with Crippen LogP contribution < -0.4 is 0 Å². The van der Waals surface area contributed by atoms with E-state index in [1.165, 1.54) is 128 Å². The standard InChI is InChI=1S/C56H113N3O5S/c1-8-13-18-21-30-37-49-65(57,62)59(48-38-47-58(6)7)54(43-33-26-22-24-28-35-45-55(60)63-50-52(39-16-11-4)41-31-19-14-9-2)44-34-27-23-25-29-36-46-56(61)64-51-53(40-17-12-5)42-32-20-15-10-3/h52-54,57H,8-51H2,1-7H3. The van der Waals surface area contributed by atoms with Gasteiger partial charge in [0, 0.05) is 31.2 Å². The third kappa shape index (κ3) is 40.4. The summed E-state index contributed by atoms with van der Waals surface area (Å²) in [6, 6.07) is 0.174. The van der Waals surface area contributed by atoms with Crippen LogP contribution in [-0.4, -0.2) is 77.5 Å². The summed E-state index contributed by atoms with van der Waals surface area (Å²) < 4.78 is 37.3. The fraction of sp³-hybridized carbons (Fsp3) is 0.964. The Morgan fingerprint density at radius 1 is 0.431 bits per heavy atom. The number of carbonyl (C=O) groups excluding carboxylic acids is 2. The predicted molar refractivity (Wildman–Crippen MR) is 282 cm³/mol. The van der Waals surface area contributed by atoms with E-state index in [2.05, 4.69) is 57.9 Å². The summed E-state index contributed by atoms with van der Waals surface area (Å²) in [6.45, 7) is 14.1. The Hall–Kier alpha value is -1.19. The molecule has 0 fully saturated rings. The second-order valence-corrected chi connectivity index (χ2v) is 22.6. The van der Waals surface area contributed by atoms with Crippen molar-refractivity contribution in [2.24, 2.45) is 11.8 Å². The number of rotatable bonds is 51. The smallest absolute Gasteiger partial charge is 0.305 e. The van der Waals surface area contributed by atoms with Crippen LogP contribution in [0.25, 0.3) is 0 Å². The molecule has 0 aromatic carbocycles. The Labute approximate surface area is 406 Å². The number of hydrogen-bond donors (Lipinski definition) is 1. The zero-order valence-electron chi connectivity index (χ0n) is 44.7. The quantitative estimate of drug-likeness (QED) is 0.0482. The molecule has 3 atom stereocenters. The first-order valence-electron chi connectivity index (χ1n) is 28.5. The van der Waals surface area contributed by atoms with Crippen LogP contribution in [0.5, 0.6) is 0 Å². The summed E-state index contributed by atoms with van der Waals surface area (Å²) in [6.07, 6.45) is 43.4. The molecule has 388 valence electrons. The molecule has 65 heavy (non-hydrogen) atoms. The summed E-state index contributed by atoms with van der Waals surface area (Å²) in [5, 5.41) is 0. The molecule has 0 bridgehead atoms. The van der Waals surface area contributed by atoms with Gasteiger partial charge >= 0.3 is 11.9 Å². The van der Waals surface area contributed by atoms with Crippen molar-refractivity contribution in [3.63, 3.8) is 0 Å². The maximum absolute atomic E-state index is 14.3. The number of nitrogens with one attached hydrogen (secondary N) is 1. The number of nitrogens with zero attached hydrogens (tertiary/aromatic N) is 2. The Morgan fingerprint density at radius 3 is 1.18 bits per heavy atom. The van der Waals surface area contributed by atoms with Crippen molar-refractivity contribution in [2.45, 2.75) is 291 Å². The number of esters is 2. The van der Waals surface area contributed by atoms with Crippen molar-refractivity contribution in [3.8, 4) is 0 Å². The van der Waals surface area contributed by atoms with Gasteiger partial charge in [0.1, 0.15) is 9.92 Å². The molecule has 0 aromatic heterocycles. The maximum Gasteiger partial charge on any atom is 0.305 e. The molecule has 8 nitrogen and oxygen atoms in total. The summed E-state index contributed by atoms with van der Waals surface area (Å²) in [4.78, 5) is 27.4. The molecule has 0 saturated carbocycles. The summed E-state index contributed by atoms with van der Waals surface area (Å²) in [7, 11) is 1.34. The van der Waals surface area contributed by atoms with Crippen LogP contribution in [0.3, 0.4) is 0 Å². The maximum atomic E-state index is 14.3. The SMILES string of the molecule is CCCCCCCCS(=N)(=O)N(CCCN(C)C)C(CCCCCCCCC(=O)OCC(CCCC)CCCCCC)CCCCCCCCC(=O)OCC(CCCC)CCCCCC. The topological polar surface area (TPSA) is 100 Å². The van der Waals surface area contributed by atoms with Crippen molar-refractivity contribution >= 4 is 21.9 Å². The third-order valence-corrected chi connectivity index (χ3v) is 15.8. The van der Waals surface area contributed by atoms with Crippen molar-refractivity contribution < 1.29 is 23.3 Å². The van der Waals surface area contributed by atoms with Crippen LogP contribution in [0.15, 0.2) is 0 Å². The van der Waals surface area contributed by atoms with Gasteiger partial charge in [-0.05, 0) is 96.7 Å². The molecule has 0 aliphatic rings. The van der Waals surface area contributed by atoms with Gasteiger partial charge in [-0.25, -0.2) is 13.3 Å². The van der Waals surface area contributed by atoms with E-state index in [0.717, 1.165) is 122 Å². The fourth-order valence-corrected chi connectivity index (χ4v) is 11.3. The van der Waals surface area contributed by atoms with E-state index in [1.54, 1.807) is 0 Å². The van der Waals surface area contributed by atoms with Crippen LogP contribution in [-0.2, 0) is 29.0 Å². The Kier molecular flexibility index (Phi) is 45.7. The van der Waals surface area contributed by atoms with Crippen LogP contribution >= 0.6 is 0 Å². The number of ether oxygens (including phenoxy) is 2. The molecule has 1 N–H and O–H groups in total. The molecule has 0 heterocycles. The van der Waals surface area contributed by atoms with Crippen LogP contribution in [0.2, 0.25) is 0 Å². The van der Waals surface area contributed by atoms with Crippen molar-refractivity contribution in [2.75, 3.05) is 46.2 Å². The molecule has 0 aliphatic heterocycles. The van der Waals surface area contributed by atoms with Gasteiger partial charge in [0.15, 0.2) is 0 Å². The van der Waals surface area contributed by atoms with Crippen LogP contribution in [0.4, 0.5) is 0 Å². The lowest BCUT2D eigenvalue weighted by Crippen LogP contribution is -2.42. The Bertz CT molecular complexity index is 1090. The molecule has 0 aliphatic carbocycles. The average molecular weight is 941 g/mol. The molecule has 0 aromatic rings. The first kappa shape index (κ1) is 63.8. The summed E-state index contributed by atoms with van der Waals surface area (Å²) in [5.41, 5.74) is 0. The number of carbonyl (C=O) groups is 2. The highest BCUT2D eigenvalue weighted by atomic mass is 32.2. The lowest BCUT2D eigenvalue weighted by molar-refractivity contribution is -0.146. The molecule has 0 saturated heterocycles. The lowest BCUT2D eigenvalue weighted by Gasteiger charge is -2.34. The highest BCUT2D eigenvalue weighted by molar-refractivity contribution is 7.90. The van der Waals surface area contributed by atoms with E-state index in [9.17, 15) is 18.6 Å². The van der Waals surface area contributed by atoms with Crippen molar-refractivity contribution in [3.05, 3.63) is 0 Å². The van der Waals surface area contributed by atoms with Gasteiger partial charge in [-0.1, -0.05) is 208 Å². The van der Waals surface area contributed by atoms with Crippen molar-refractivity contribution in [1.29, 1.82) is 4.78 Å². The van der Waals surface area contributed by atoms with Gasteiger partial charge in [-0.15, -0.1) is 0 Å². The van der Waals surface area contributed by atoms with E-state index in [-0.39, 0.29) is 18.0 Å². The minimum Gasteiger partial charge on any atom is -0.465 e. The molecule has 0 radical (unpaired) electrons. The van der Waals surface area contributed by atoms with Gasteiger partial charge in [-0.3, -0.25) is 9.59 Å². The van der Waals surface area contributed by atoms with E-state index in [1.807, 2.05) is 0 Å². The molecular weight excluding hydrogens is 827 g/mol. The number of hydrogen-bond acceptors (Lipinski definition) is 7. The molecular formula is C56H113N3O5S. The third-order valence-electron chi connectivity index (χ3n) is 13.7. The molecule has 3 unspecified atom stereocenters. The molecule has 0 spiro atoms. The second kappa shape index (κ2) is 46.5. The fourth-order valence-electron chi connectivity index (χ4n) is 9.35. The van der Waals surface area contributed by atoms with Crippen LogP contribution in [0, 0.1) is 16.6 Å². The zero-order chi connectivity index (χ0) is 48.1. The average Bonchev–Trinajstić information content (AvgIpc) is 3.28. The monoisotopic (exact) mass is 940 g/mol. The highest BCUT2D eigenvalue weighted by Crippen LogP contribution is 2.25. The largest absolute Gasteiger partial charge is 0.465 e. The molecule has 0 amide bonds. The highest BCUT2D eigenvalue weighted by Gasteiger charge is 2.26. The minimum atomic E-state index is -2.86. The normalized spacial score (nSPS) is 14.2. The predicted octanol–water partition coefficient (Wildman–Crippen LogP) is 16.8. The van der Waals surface area contributed by atoms with Crippen LogP contribution in [0.1, 0.15) is 285 Å². The van der Waals surface area contributed by atoms with E-state index in [4.69, 9.17) is 9.47 Å². The van der Waals surface area contributed by atoms with E-state index < -0.39 is 9.92 Å². The van der Waals surface area contributed by atoms with Crippen molar-refractivity contribution in [1.82, 2.24) is 9.21 Å². The number of unbranched alkanes of at least 4 members (excludes halogenated alkanes) is 23. The summed E-state index contributed by atoms with van der Waals surface area (Å²) in [5.74, 6) is 1.47. The Balaban J connectivity index is 5.08. The minimum absolute atomic E-state index is 0.0215. The van der Waals surface area contributed by atoms with Gasteiger partial charge in [0.25, 0.3) is 0 Å². The van der Waals surface area contributed by atoms with E-state index in [0.29, 0.717) is 43.6 Å². The molecule has 9 heteroatoms. The lowest BCUT2D eigenvalue weighted by atomic mass is 9.96. The van der Waals surface area contributed by atoms with Gasteiger partial charge < -0.3 is 14.4 Å². The first-order chi connectivity index (χ1) is 31.5. The first-order valence-corrected chi connectivity index (χ1v) is 30.2. The Morgan fingerprint density at radius 2 is 0.769 bits per heavy atom.